The molecule has 2 amide bonds. The molecule has 0 fully saturated rings. The maximum atomic E-state index is 13.7. The van der Waals surface area contributed by atoms with Crippen LogP contribution in [0.3, 0.4) is 0 Å². The van der Waals surface area contributed by atoms with E-state index in [4.69, 9.17) is 16.3 Å². The molecule has 3 rings (SSSR count). The summed E-state index contributed by atoms with van der Waals surface area (Å²) in [6.07, 6.45) is 1.17. The number of benzene rings is 3. The second-order valence-electron chi connectivity index (χ2n) is 10.3. The Kier molecular flexibility index (Phi) is 10.8. The number of carbonyl (C=O) groups is 2. The highest BCUT2D eigenvalue weighted by Crippen LogP contribution is 2.31. The number of nitrogens with one attached hydrogen (secondary N) is 1. The van der Waals surface area contributed by atoms with Gasteiger partial charge < -0.3 is 15.0 Å². The third-order valence-electron chi connectivity index (χ3n) is 6.27. The summed E-state index contributed by atoms with van der Waals surface area (Å²) in [6.45, 7) is 8.91. The lowest BCUT2D eigenvalue weighted by Crippen LogP contribution is -2.51. The summed E-state index contributed by atoms with van der Waals surface area (Å²) < 4.78 is 6.75. The minimum absolute atomic E-state index is 0.0148. The van der Waals surface area contributed by atoms with E-state index in [1.54, 1.807) is 11.0 Å². The van der Waals surface area contributed by atoms with E-state index in [0.717, 1.165) is 27.6 Å². The number of rotatable bonds is 11. The second kappa shape index (κ2) is 13.8. The summed E-state index contributed by atoms with van der Waals surface area (Å²) in [5.41, 5.74) is 2.86. The summed E-state index contributed by atoms with van der Waals surface area (Å²) in [6, 6.07) is 22.2. The average Bonchev–Trinajstić information content (AvgIpc) is 2.89. The highest BCUT2D eigenvalue weighted by atomic mass is 79.9. The normalized spacial score (nSPS) is 12.1. The predicted octanol–water partition coefficient (Wildman–Crippen LogP) is 6.95. The van der Waals surface area contributed by atoms with Crippen molar-refractivity contribution in [2.24, 2.45) is 0 Å². The molecule has 0 saturated heterocycles. The van der Waals surface area contributed by atoms with E-state index < -0.39 is 6.04 Å². The molecule has 0 bridgehead atoms. The van der Waals surface area contributed by atoms with E-state index >= 15 is 0 Å². The zero-order chi connectivity index (χ0) is 27.7. The molecule has 0 radical (unpaired) electrons. The summed E-state index contributed by atoms with van der Waals surface area (Å²) in [7, 11) is 0. The molecule has 0 heterocycles. The zero-order valence-corrected chi connectivity index (χ0v) is 24.8. The SMILES string of the molecule is CCCNC(=O)C(Cc1ccccc1)N(Cc1ccccc1Cl)C(=O)COc1ccc(C(C)(C)C)cc1Br. The van der Waals surface area contributed by atoms with Gasteiger partial charge in [-0.3, -0.25) is 9.59 Å². The fourth-order valence-electron chi connectivity index (χ4n) is 4.04. The summed E-state index contributed by atoms with van der Waals surface area (Å²) in [5, 5.41) is 3.52. The molecule has 7 heteroatoms. The molecule has 0 aromatic heterocycles. The van der Waals surface area contributed by atoms with Crippen LogP contribution in [0.5, 0.6) is 5.75 Å². The first-order chi connectivity index (χ1) is 18.1. The predicted molar refractivity (Wildman–Crippen MR) is 158 cm³/mol. The van der Waals surface area contributed by atoms with E-state index in [1.807, 2.05) is 73.7 Å². The minimum atomic E-state index is -0.733. The highest BCUT2D eigenvalue weighted by Gasteiger charge is 2.31. The Labute approximate surface area is 239 Å². The van der Waals surface area contributed by atoms with E-state index in [-0.39, 0.29) is 30.4 Å². The third-order valence-corrected chi connectivity index (χ3v) is 7.26. The Morgan fingerprint density at radius 3 is 2.34 bits per heavy atom. The van der Waals surface area contributed by atoms with Crippen molar-refractivity contribution in [1.82, 2.24) is 10.2 Å². The molecule has 3 aromatic carbocycles. The first-order valence-corrected chi connectivity index (χ1v) is 14.0. The van der Waals surface area contributed by atoms with Crippen LogP contribution in [0.15, 0.2) is 77.3 Å². The molecule has 3 aromatic rings. The van der Waals surface area contributed by atoms with Crippen molar-refractivity contribution in [3.63, 3.8) is 0 Å². The van der Waals surface area contributed by atoms with E-state index in [1.165, 1.54) is 0 Å². The molecule has 202 valence electrons. The number of nitrogens with zero attached hydrogens (tertiary/aromatic N) is 1. The molecule has 0 spiro atoms. The number of ether oxygens (including phenoxy) is 1. The molecule has 1 atom stereocenters. The van der Waals surface area contributed by atoms with Gasteiger partial charge in [0.15, 0.2) is 6.61 Å². The van der Waals surface area contributed by atoms with Crippen molar-refractivity contribution in [2.45, 2.75) is 58.5 Å². The molecule has 0 aliphatic rings. The van der Waals surface area contributed by atoms with Gasteiger partial charge in [0.05, 0.1) is 4.47 Å². The molecule has 5 nitrogen and oxygen atoms in total. The second-order valence-corrected chi connectivity index (χ2v) is 11.6. The van der Waals surface area contributed by atoms with Crippen LogP contribution in [0.1, 0.15) is 50.8 Å². The van der Waals surface area contributed by atoms with Crippen molar-refractivity contribution in [1.29, 1.82) is 0 Å². The topological polar surface area (TPSA) is 58.6 Å². The van der Waals surface area contributed by atoms with Gasteiger partial charge in [0.2, 0.25) is 5.91 Å². The van der Waals surface area contributed by atoms with Crippen LogP contribution < -0.4 is 10.1 Å². The first kappa shape index (κ1) is 29.7. The molecular formula is C31H36BrClN2O3. The zero-order valence-electron chi connectivity index (χ0n) is 22.5. The molecule has 0 aliphatic heterocycles. The molecule has 38 heavy (non-hydrogen) atoms. The fourth-order valence-corrected chi connectivity index (χ4v) is 4.73. The first-order valence-electron chi connectivity index (χ1n) is 12.9. The van der Waals surface area contributed by atoms with Crippen molar-refractivity contribution in [2.75, 3.05) is 13.2 Å². The van der Waals surface area contributed by atoms with Gasteiger partial charge in [-0.25, -0.2) is 0 Å². The molecular weight excluding hydrogens is 564 g/mol. The van der Waals surface area contributed by atoms with Crippen LogP contribution >= 0.6 is 27.5 Å². The van der Waals surface area contributed by atoms with Gasteiger partial charge >= 0.3 is 0 Å². The lowest BCUT2D eigenvalue weighted by atomic mass is 9.87. The van der Waals surface area contributed by atoms with Crippen molar-refractivity contribution < 1.29 is 14.3 Å². The van der Waals surface area contributed by atoms with Crippen LogP contribution in [-0.2, 0) is 28.0 Å². The van der Waals surface area contributed by atoms with Crippen LogP contribution in [-0.4, -0.2) is 35.9 Å². The van der Waals surface area contributed by atoms with E-state index in [2.05, 4.69) is 42.0 Å². The van der Waals surface area contributed by atoms with E-state index in [0.29, 0.717) is 23.7 Å². The molecule has 1 N–H and O–H groups in total. The van der Waals surface area contributed by atoms with Gasteiger partial charge in [0.1, 0.15) is 11.8 Å². The highest BCUT2D eigenvalue weighted by molar-refractivity contribution is 9.10. The van der Waals surface area contributed by atoms with Gasteiger partial charge in [0, 0.05) is 24.5 Å². The Morgan fingerprint density at radius 2 is 1.71 bits per heavy atom. The smallest absolute Gasteiger partial charge is 0.261 e. The number of amides is 2. The number of carbonyl (C=O) groups excluding carboxylic acids is 2. The fraction of sp³-hybridized carbons (Fsp3) is 0.355. The van der Waals surface area contributed by atoms with Crippen molar-refractivity contribution >= 4 is 39.3 Å². The number of halogens is 2. The number of hydrogen-bond acceptors (Lipinski definition) is 3. The lowest BCUT2D eigenvalue weighted by Gasteiger charge is -2.31. The van der Waals surface area contributed by atoms with Crippen molar-refractivity contribution in [3.05, 3.63) is 99.0 Å². The number of hydrogen-bond donors (Lipinski definition) is 1. The van der Waals surface area contributed by atoms with Crippen LogP contribution in [0.4, 0.5) is 0 Å². The van der Waals surface area contributed by atoms with Gasteiger partial charge in [-0.2, -0.15) is 0 Å². The Bertz CT molecular complexity index is 1230. The third kappa shape index (κ3) is 8.34. The van der Waals surface area contributed by atoms with E-state index in [9.17, 15) is 9.59 Å². The standard InChI is InChI=1S/C31H36BrClN2O3/c1-5-17-34-30(37)27(18-22-11-7-6-8-12-22)35(20-23-13-9-10-14-26(23)33)29(36)21-38-28-16-15-24(19-25(28)32)31(2,3)4/h6-16,19,27H,5,17-18,20-21H2,1-4H3,(H,34,37). The Morgan fingerprint density at radius 1 is 1.03 bits per heavy atom. The molecule has 0 aliphatic carbocycles. The maximum Gasteiger partial charge on any atom is 0.261 e. The minimum Gasteiger partial charge on any atom is -0.483 e. The summed E-state index contributed by atoms with van der Waals surface area (Å²) in [5.74, 6) is 0.0650. The quantitative estimate of drug-likeness (QED) is 0.260. The van der Waals surface area contributed by atoms with Gasteiger partial charge in [-0.1, -0.05) is 93.9 Å². The molecule has 1 unspecified atom stereocenters. The monoisotopic (exact) mass is 598 g/mol. The van der Waals surface area contributed by atoms with Gasteiger partial charge in [-0.15, -0.1) is 0 Å². The maximum absolute atomic E-state index is 13.7. The Balaban J connectivity index is 1.90. The summed E-state index contributed by atoms with van der Waals surface area (Å²) in [4.78, 5) is 28.7. The van der Waals surface area contributed by atoms with Crippen LogP contribution in [0.2, 0.25) is 5.02 Å². The Hall–Kier alpha value is -2.83. The average molecular weight is 600 g/mol. The van der Waals surface area contributed by atoms with Crippen LogP contribution in [0, 0.1) is 0 Å². The van der Waals surface area contributed by atoms with Gasteiger partial charge in [0.25, 0.3) is 5.91 Å². The summed E-state index contributed by atoms with van der Waals surface area (Å²) >= 11 is 10.1. The lowest BCUT2D eigenvalue weighted by molar-refractivity contribution is -0.142. The largest absolute Gasteiger partial charge is 0.483 e. The van der Waals surface area contributed by atoms with Gasteiger partial charge in [-0.05, 0) is 62.7 Å². The van der Waals surface area contributed by atoms with Crippen molar-refractivity contribution in [3.8, 4) is 5.75 Å². The van der Waals surface area contributed by atoms with Crippen LogP contribution in [0.25, 0.3) is 0 Å². The molecule has 0 saturated carbocycles.